The highest BCUT2D eigenvalue weighted by molar-refractivity contribution is 7.14. The van der Waals surface area contributed by atoms with E-state index in [2.05, 4.69) is 0 Å². The fourth-order valence-electron chi connectivity index (χ4n) is 3.53. The number of hydrogen-bond donors (Lipinski definition) is 1. The summed E-state index contributed by atoms with van der Waals surface area (Å²) in [5.41, 5.74) is -0.201. The molecular formula is C22H17Cl2NO3S. The number of nitrogens with zero attached hydrogens (tertiary/aromatic N) is 1. The van der Waals surface area contributed by atoms with E-state index in [0.717, 1.165) is 10.4 Å². The molecule has 4 rings (SSSR count). The number of benzene rings is 2. The van der Waals surface area contributed by atoms with Gasteiger partial charge in [-0.25, -0.2) is 0 Å². The van der Waals surface area contributed by atoms with Gasteiger partial charge in [0.2, 0.25) is 0 Å². The van der Waals surface area contributed by atoms with Crippen LogP contribution in [0.1, 0.15) is 32.1 Å². The molecule has 2 aromatic carbocycles. The van der Waals surface area contributed by atoms with E-state index in [1.807, 2.05) is 25.1 Å². The van der Waals surface area contributed by atoms with Gasteiger partial charge in [0, 0.05) is 20.5 Å². The minimum Gasteiger partial charge on any atom is -0.375 e. The average Bonchev–Trinajstić information content (AvgIpc) is 3.20. The van der Waals surface area contributed by atoms with E-state index >= 15 is 0 Å². The van der Waals surface area contributed by atoms with Crippen molar-refractivity contribution < 1.29 is 14.7 Å². The monoisotopic (exact) mass is 445 g/mol. The van der Waals surface area contributed by atoms with E-state index in [0.29, 0.717) is 26.2 Å². The first-order chi connectivity index (χ1) is 13.8. The first-order valence-electron chi connectivity index (χ1n) is 8.96. The molecule has 0 bridgehead atoms. The Labute approximate surface area is 182 Å². The number of fused-ring (bicyclic) bond motifs is 1. The van der Waals surface area contributed by atoms with Gasteiger partial charge in [-0.1, -0.05) is 35.3 Å². The molecule has 1 aromatic heterocycles. The molecule has 3 aromatic rings. The molecule has 1 amide bonds. The Morgan fingerprint density at radius 1 is 1.07 bits per heavy atom. The van der Waals surface area contributed by atoms with E-state index in [1.165, 1.54) is 16.2 Å². The predicted molar refractivity (Wildman–Crippen MR) is 116 cm³/mol. The Bertz CT molecular complexity index is 1110. The molecule has 29 heavy (non-hydrogen) atoms. The van der Waals surface area contributed by atoms with Crippen LogP contribution in [0.4, 0.5) is 5.69 Å². The first-order valence-corrected chi connectivity index (χ1v) is 10.5. The van der Waals surface area contributed by atoms with Crippen LogP contribution in [0.2, 0.25) is 10.0 Å². The molecule has 0 saturated carbocycles. The number of aliphatic hydroxyl groups is 1. The summed E-state index contributed by atoms with van der Waals surface area (Å²) in [6, 6.07) is 15.6. The zero-order chi connectivity index (χ0) is 20.8. The molecule has 1 aliphatic heterocycles. The van der Waals surface area contributed by atoms with E-state index in [1.54, 1.807) is 36.4 Å². The third-order valence-electron chi connectivity index (χ3n) is 4.98. The molecule has 1 unspecified atom stereocenters. The van der Waals surface area contributed by atoms with E-state index in [-0.39, 0.29) is 18.7 Å². The number of aryl methyl sites for hydroxylation is 1. The standard InChI is InChI=1S/C22H17Cl2NO3S/c1-13-2-9-20(29-13)19(26)11-22(28)17-10-16(24)7-8-18(17)25(21(22)27)12-14-3-5-15(23)6-4-14/h2-10,28H,11-12H2,1H3. The summed E-state index contributed by atoms with van der Waals surface area (Å²) in [7, 11) is 0. The summed E-state index contributed by atoms with van der Waals surface area (Å²) in [5, 5.41) is 12.4. The van der Waals surface area contributed by atoms with Crippen LogP contribution in [0.15, 0.2) is 54.6 Å². The number of carbonyl (C=O) groups is 2. The smallest absolute Gasteiger partial charge is 0.264 e. The van der Waals surface area contributed by atoms with E-state index in [4.69, 9.17) is 23.2 Å². The summed E-state index contributed by atoms with van der Waals surface area (Å²) in [6.45, 7) is 2.15. The van der Waals surface area contributed by atoms with Crippen molar-refractivity contribution >= 4 is 51.9 Å². The van der Waals surface area contributed by atoms with E-state index in [9.17, 15) is 14.7 Å². The van der Waals surface area contributed by atoms with Crippen molar-refractivity contribution in [1.29, 1.82) is 0 Å². The van der Waals surface area contributed by atoms with Crippen molar-refractivity contribution in [3.05, 3.63) is 85.5 Å². The van der Waals surface area contributed by atoms with Gasteiger partial charge in [-0.2, -0.15) is 0 Å². The topological polar surface area (TPSA) is 57.6 Å². The van der Waals surface area contributed by atoms with Gasteiger partial charge in [-0.15, -0.1) is 11.3 Å². The molecule has 0 spiro atoms. The predicted octanol–water partition coefficient (Wildman–Crippen LogP) is 5.37. The minimum atomic E-state index is -1.96. The zero-order valence-electron chi connectivity index (χ0n) is 15.5. The second-order valence-electron chi connectivity index (χ2n) is 7.05. The molecule has 4 nitrogen and oxygen atoms in total. The number of rotatable bonds is 5. The number of Topliss-reactive ketones (excluding diaryl/α,β-unsaturated/α-hetero) is 1. The van der Waals surface area contributed by atoms with Gasteiger partial charge in [0.1, 0.15) is 0 Å². The van der Waals surface area contributed by atoms with Gasteiger partial charge in [-0.3, -0.25) is 9.59 Å². The fourth-order valence-corrected chi connectivity index (χ4v) is 4.63. The Hall–Kier alpha value is -2.18. The largest absolute Gasteiger partial charge is 0.375 e. The van der Waals surface area contributed by atoms with Gasteiger partial charge in [-0.05, 0) is 55.0 Å². The summed E-state index contributed by atoms with van der Waals surface area (Å²) in [4.78, 5) is 29.1. The second kappa shape index (κ2) is 7.58. The summed E-state index contributed by atoms with van der Waals surface area (Å²) >= 11 is 13.4. The van der Waals surface area contributed by atoms with Crippen LogP contribution in [0, 0.1) is 6.92 Å². The maximum Gasteiger partial charge on any atom is 0.264 e. The van der Waals surface area contributed by atoms with E-state index < -0.39 is 11.5 Å². The number of thiophene rings is 1. The molecule has 0 radical (unpaired) electrons. The molecule has 148 valence electrons. The minimum absolute atomic E-state index is 0.249. The second-order valence-corrected chi connectivity index (χ2v) is 9.21. The highest BCUT2D eigenvalue weighted by Crippen LogP contribution is 2.45. The van der Waals surface area contributed by atoms with Crippen LogP contribution in [-0.2, 0) is 16.9 Å². The third-order valence-corrected chi connectivity index (χ3v) is 6.51. The van der Waals surface area contributed by atoms with Gasteiger partial charge in [0.15, 0.2) is 11.4 Å². The highest BCUT2D eigenvalue weighted by Gasteiger charge is 2.51. The maximum atomic E-state index is 13.3. The lowest BCUT2D eigenvalue weighted by molar-refractivity contribution is -0.136. The third kappa shape index (κ3) is 3.71. The molecule has 0 fully saturated rings. The first kappa shape index (κ1) is 20.1. The molecule has 1 aliphatic rings. The Balaban J connectivity index is 1.71. The van der Waals surface area contributed by atoms with Gasteiger partial charge >= 0.3 is 0 Å². The van der Waals surface area contributed by atoms with Crippen LogP contribution < -0.4 is 4.90 Å². The molecule has 1 N–H and O–H groups in total. The van der Waals surface area contributed by atoms with Gasteiger partial charge < -0.3 is 10.0 Å². The lowest BCUT2D eigenvalue weighted by Crippen LogP contribution is -2.41. The SMILES string of the molecule is Cc1ccc(C(=O)CC2(O)C(=O)N(Cc3ccc(Cl)cc3)c3ccc(Cl)cc32)s1. The van der Waals surface area contributed by atoms with Crippen molar-refractivity contribution in [3.63, 3.8) is 0 Å². The van der Waals surface area contributed by atoms with Crippen LogP contribution >= 0.6 is 34.5 Å². The number of hydrogen-bond acceptors (Lipinski definition) is 4. The van der Waals surface area contributed by atoms with Crippen molar-refractivity contribution in [2.45, 2.75) is 25.5 Å². The normalized spacial score (nSPS) is 18.2. The molecule has 0 aliphatic carbocycles. The highest BCUT2D eigenvalue weighted by atomic mass is 35.5. The zero-order valence-corrected chi connectivity index (χ0v) is 17.8. The molecule has 7 heteroatoms. The fraction of sp³-hybridized carbons (Fsp3) is 0.182. The van der Waals surface area contributed by atoms with Crippen LogP contribution in [-0.4, -0.2) is 16.8 Å². The number of amides is 1. The lowest BCUT2D eigenvalue weighted by atomic mass is 9.89. The average molecular weight is 446 g/mol. The van der Waals surface area contributed by atoms with Gasteiger partial charge in [0.05, 0.1) is 23.5 Å². The van der Waals surface area contributed by atoms with Gasteiger partial charge in [0.25, 0.3) is 5.91 Å². The Kier molecular flexibility index (Phi) is 5.25. The number of ketones is 1. The van der Waals surface area contributed by atoms with Crippen LogP contribution in [0.3, 0.4) is 0 Å². The molecular weight excluding hydrogens is 429 g/mol. The van der Waals surface area contributed by atoms with Crippen molar-refractivity contribution in [2.24, 2.45) is 0 Å². The van der Waals surface area contributed by atoms with Crippen LogP contribution in [0.5, 0.6) is 0 Å². The Morgan fingerprint density at radius 2 is 1.76 bits per heavy atom. The Morgan fingerprint density at radius 3 is 2.41 bits per heavy atom. The summed E-state index contributed by atoms with van der Waals surface area (Å²) in [5.74, 6) is -0.815. The van der Waals surface area contributed by atoms with Crippen molar-refractivity contribution in [3.8, 4) is 0 Å². The number of carbonyl (C=O) groups excluding carboxylic acids is 2. The molecule has 1 atom stereocenters. The number of anilines is 1. The maximum absolute atomic E-state index is 13.3. The van der Waals surface area contributed by atoms with Crippen molar-refractivity contribution in [2.75, 3.05) is 4.90 Å². The van der Waals surface area contributed by atoms with Crippen LogP contribution in [0.25, 0.3) is 0 Å². The summed E-state index contributed by atoms with van der Waals surface area (Å²) < 4.78 is 0. The lowest BCUT2D eigenvalue weighted by Gasteiger charge is -2.22. The molecule has 0 saturated heterocycles. The summed E-state index contributed by atoms with van der Waals surface area (Å²) in [6.07, 6.45) is -0.337. The number of halogens is 2. The van der Waals surface area contributed by atoms with Crippen molar-refractivity contribution in [1.82, 2.24) is 0 Å². The molecule has 2 heterocycles. The quantitative estimate of drug-likeness (QED) is 0.536.